The van der Waals surface area contributed by atoms with Gasteiger partial charge in [-0.2, -0.15) is 0 Å². The number of hydrogen-bond donors (Lipinski definition) is 1. The highest BCUT2D eigenvalue weighted by atomic mass is 32.1. The number of hydrogen-bond acceptors (Lipinski definition) is 1. The molecule has 70 valence electrons. The minimum atomic E-state index is 1.02. The zero-order chi connectivity index (χ0) is 9.97. The van der Waals surface area contributed by atoms with Gasteiger partial charge >= 0.3 is 0 Å². The lowest BCUT2D eigenvalue weighted by Gasteiger charge is -2.06. The fraction of sp³-hybridized carbons (Fsp3) is 0.0769. The number of aryl methyl sites for hydroxylation is 1. The lowest BCUT2D eigenvalue weighted by atomic mass is 10.0. The van der Waals surface area contributed by atoms with E-state index in [9.17, 15) is 0 Å². The van der Waals surface area contributed by atoms with Gasteiger partial charge in [-0.1, -0.05) is 36.4 Å². The summed E-state index contributed by atoms with van der Waals surface area (Å²) in [6.07, 6.45) is 0. The summed E-state index contributed by atoms with van der Waals surface area (Å²) >= 11 is 4.31. The van der Waals surface area contributed by atoms with E-state index in [-0.39, 0.29) is 0 Å². The van der Waals surface area contributed by atoms with Crippen molar-refractivity contribution in [1.29, 1.82) is 0 Å². The molecule has 0 bridgehead atoms. The molecule has 2 aromatic carbocycles. The van der Waals surface area contributed by atoms with Crippen LogP contribution >= 0.6 is 12.6 Å². The molecule has 2 rings (SSSR count). The van der Waals surface area contributed by atoms with E-state index in [1.807, 2.05) is 12.1 Å². The molecule has 0 aliphatic rings. The molecule has 0 fully saturated rings. The summed E-state index contributed by atoms with van der Waals surface area (Å²) in [7, 11) is 0. The molecule has 0 heterocycles. The molecule has 0 aromatic heterocycles. The second-order valence-corrected chi connectivity index (χ2v) is 3.88. The Morgan fingerprint density at radius 3 is 2.29 bits per heavy atom. The molecule has 14 heavy (non-hydrogen) atoms. The van der Waals surface area contributed by atoms with Crippen molar-refractivity contribution in [3.63, 3.8) is 0 Å². The number of benzene rings is 2. The molecule has 0 N–H and O–H groups in total. The predicted molar refractivity (Wildman–Crippen MR) is 63.9 cm³/mol. The Balaban J connectivity index is 2.53. The third-order valence-corrected chi connectivity index (χ3v) is 2.57. The molecule has 1 heteroatoms. The van der Waals surface area contributed by atoms with Crippen LogP contribution in [0.25, 0.3) is 11.1 Å². The Morgan fingerprint density at radius 1 is 0.929 bits per heavy atom. The van der Waals surface area contributed by atoms with E-state index in [1.165, 1.54) is 16.7 Å². The second-order valence-electron chi connectivity index (χ2n) is 3.37. The van der Waals surface area contributed by atoms with E-state index < -0.39 is 0 Å². The van der Waals surface area contributed by atoms with Crippen molar-refractivity contribution >= 4 is 12.6 Å². The van der Waals surface area contributed by atoms with Crippen LogP contribution in [-0.4, -0.2) is 0 Å². The first kappa shape index (κ1) is 9.35. The van der Waals surface area contributed by atoms with E-state index in [4.69, 9.17) is 0 Å². The average Bonchev–Trinajstić information content (AvgIpc) is 2.19. The van der Waals surface area contributed by atoms with Gasteiger partial charge in [0.05, 0.1) is 0 Å². The van der Waals surface area contributed by atoms with Crippen LogP contribution in [0.15, 0.2) is 53.4 Å². The SMILES string of the molecule is Cc1cc(S)ccc1-c1ccccc1. The Hall–Kier alpha value is -1.21. The molecule has 0 saturated heterocycles. The van der Waals surface area contributed by atoms with Gasteiger partial charge in [0, 0.05) is 4.90 Å². The van der Waals surface area contributed by atoms with Crippen LogP contribution in [0.5, 0.6) is 0 Å². The molecule has 0 nitrogen and oxygen atoms in total. The van der Waals surface area contributed by atoms with E-state index in [0.29, 0.717) is 0 Å². The molecular weight excluding hydrogens is 188 g/mol. The molecule has 0 atom stereocenters. The van der Waals surface area contributed by atoms with Crippen molar-refractivity contribution in [1.82, 2.24) is 0 Å². The third-order valence-electron chi connectivity index (χ3n) is 2.29. The molecular formula is C13H12S. The van der Waals surface area contributed by atoms with Gasteiger partial charge in [-0.25, -0.2) is 0 Å². The summed E-state index contributed by atoms with van der Waals surface area (Å²) < 4.78 is 0. The minimum Gasteiger partial charge on any atom is -0.143 e. The van der Waals surface area contributed by atoms with E-state index in [0.717, 1.165) is 4.90 Å². The topological polar surface area (TPSA) is 0 Å². The highest BCUT2D eigenvalue weighted by Gasteiger charge is 2.00. The first-order valence-corrected chi connectivity index (χ1v) is 5.07. The van der Waals surface area contributed by atoms with Crippen molar-refractivity contribution in [2.75, 3.05) is 0 Å². The predicted octanol–water partition coefficient (Wildman–Crippen LogP) is 3.95. The first-order valence-electron chi connectivity index (χ1n) is 4.62. The molecule has 0 amide bonds. The molecule has 0 unspecified atom stereocenters. The fourth-order valence-electron chi connectivity index (χ4n) is 1.59. The summed E-state index contributed by atoms with van der Waals surface area (Å²) in [6.45, 7) is 2.11. The van der Waals surface area contributed by atoms with Crippen LogP contribution in [0.1, 0.15) is 5.56 Å². The fourth-order valence-corrected chi connectivity index (χ4v) is 1.86. The van der Waals surface area contributed by atoms with Gasteiger partial charge < -0.3 is 0 Å². The van der Waals surface area contributed by atoms with E-state index >= 15 is 0 Å². The van der Waals surface area contributed by atoms with Gasteiger partial charge in [0.1, 0.15) is 0 Å². The molecule has 0 spiro atoms. The third kappa shape index (κ3) is 1.83. The Kier molecular flexibility index (Phi) is 2.60. The van der Waals surface area contributed by atoms with Crippen molar-refractivity contribution in [2.24, 2.45) is 0 Å². The number of thiol groups is 1. The van der Waals surface area contributed by atoms with Gasteiger partial charge in [0.15, 0.2) is 0 Å². The zero-order valence-electron chi connectivity index (χ0n) is 8.07. The smallest absolute Gasteiger partial charge is 0.00430 e. The Labute approximate surface area is 90.0 Å². The van der Waals surface area contributed by atoms with E-state index in [2.05, 4.69) is 56.0 Å². The highest BCUT2D eigenvalue weighted by molar-refractivity contribution is 7.80. The second kappa shape index (κ2) is 3.89. The molecule has 0 radical (unpaired) electrons. The summed E-state index contributed by atoms with van der Waals surface area (Å²) in [5.74, 6) is 0. The van der Waals surface area contributed by atoms with Gasteiger partial charge in [0.2, 0.25) is 0 Å². The van der Waals surface area contributed by atoms with Crippen LogP contribution in [0.2, 0.25) is 0 Å². The summed E-state index contributed by atoms with van der Waals surface area (Å²) in [6, 6.07) is 16.6. The van der Waals surface area contributed by atoms with Gasteiger partial charge in [-0.15, -0.1) is 12.6 Å². The first-order chi connectivity index (χ1) is 6.77. The molecule has 0 saturated carbocycles. The largest absolute Gasteiger partial charge is 0.143 e. The highest BCUT2D eigenvalue weighted by Crippen LogP contribution is 2.24. The van der Waals surface area contributed by atoms with Crippen molar-refractivity contribution in [3.05, 3.63) is 54.1 Å². The minimum absolute atomic E-state index is 1.02. The lowest BCUT2D eigenvalue weighted by Crippen LogP contribution is -1.82. The molecule has 0 aliphatic heterocycles. The monoisotopic (exact) mass is 200 g/mol. The maximum atomic E-state index is 4.31. The zero-order valence-corrected chi connectivity index (χ0v) is 8.96. The van der Waals surface area contributed by atoms with E-state index in [1.54, 1.807) is 0 Å². The normalized spacial score (nSPS) is 10.1. The summed E-state index contributed by atoms with van der Waals surface area (Å²) in [5.41, 5.74) is 3.81. The van der Waals surface area contributed by atoms with Crippen LogP contribution in [0.4, 0.5) is 0 Å². The van der Waals surface area contributed by atoms with Gasteiger partial charge in [-0.3, -0.25) is 0 Å². The molecule has 0 aliphatic carbocycles. The standard InChI is InChI=1S/C13H12S/c1-10-9-12(14)7-8-13(10)11-5-3-2-4-6-11/h2-9,14H,1H3. The lowest BCUT2D eigenvalue weighted by molar-refractivity contribution is 1.37. The number of rotatable bonds is 1. The van der Waals surface area contributed by atoms with Crippen LogP contribution in [-0.2, 0) is 0 Å². The Bertz CT molecular complexity index is 432. The quantitative estimate of drug-likeness (QED) is 0.662. The summed E-state index contributed by atoms with van der Waals surface area (Å²) in [5, 5.41) is 0. The maximum absolute atomic E-state index is 4.31. The van der Waals surface area contributed by atoms with Crippen molar-refractivity contribution in [2.45, 2.75) is 11.8 Å². The van der Waals surface area contributed by atoms with Gasteiger partial charge in [-0.05, 0) is 35.7 Å². The van der Waals surface area contributed by atoms with Crippen LogP contribution < -0.4 is 0 Å². The summed E-state index contributed by atoms with van der Waals surface area (Å²) in [4.78, 5) is 1.02. The average molecular weight is 200 g/mol. The maximum Gasteiger partial charge on any atom is 0.00430 e. The van der Waals surface area contributed by atoms with Crippen molar-refractivity contribution in [3.8, 4) is 11.1 Å². The van der Waals surface area contributed by atoms with Gasteiger partial charge in [0.25, 0.3) is 0 Å². The molecule has 2 aromatic rings. The Morgan fingerprint density at radius 2 is 1.64 bits per heavy atom. The van der Waals surface area contributed by atoms with Crippen LogP contribution in [0.3, 0.4) is 0 Å². The van der Waals surface area contributed by atoms with Crippen molar-refractivity contribution < 1.29 is 0 Å². The van der Waals surface area contributed by atoms with Crippen LogP contribution in [0, 0.1) is 6.92 Å².